The number of ether oxygens (including phenoxy) is 1. The lowest BCUT2D eigenvalue weighted by atomic mass is 9.95. The van der Waals surface area contributed by atoms with Crippen molar-refractivity contribution >= 4 is 45.7 Å². The van der Waals surface area contributed by atoms with E-state index < -0.39 is 0 Å². The highest BCUT2D eigenvalue weighted by Crippen LogP contribution is 2.41. The summed E-state index contributed by atoms with van der Waals surface area (Å²) in [6, 6.07) is 13.6. The summed E-state index contributed by atoms with van der Waals surface area (Å²) in [4.78, 5) is 32.0. The molecule has 7 nitrogen and oxygen atoms in total. The average Bonchev–Trinajstić information content (AvgIpc) is 3.34. The van der Waals surface area contributed by atoms with Crippen LogP contribution in [0.3, 0.4) is 0 Å². The van der Waals surface area contributed by atoms with Crippen LogP contribution >= 0.6 is 0 Å². The van der Waals surface area contributed by atoms with Crippen LogP contribution in [0.4, 0.5) is 11.4 Å². The minimum atomic E-state index is -0.166. The maximum absolute atomic E-state index is 12.7. The van der Waals surface area contributed by atoms with Crippen LogP contribution in [-0.2, 0) is 9.59 Å². The zero-order valence-corrected chi connectivity index (χ0v) is 17.2. The predicted octanol–water partition coefficient (Wildman–Crippen LogP) is 4.36. The summed E-state index contributed by atoms with van der Waals surface area (Å²) in [7, 11) is 0. The predicted molar refractivity (Wildman–Crippen MR) is 123 cm³/mol. The molecule has 0 unspecified atom stereocenters. The number of benzene rings is 2. The summed E-state index contributed by atoms with van der Waals surface area (Å²) in [5.41, 5.74) is 7.52. The Morgan fingerprint density at radius 1 is 1.03 bits per heavy atom. The summed E-state index contributed by atoms with van der Waals surface area (Å²) in [6.07, 6.45) is 5.38. The van der Waals surface area contributed by atoms with Crippen molar-refractivity contribution in [2.75, 3.05) is 17.2 Å². The first kappa shape index (κ1) is 18.4. The molecular weight excluding hydrogens is 404 g/mol. The SMILES string of the molecule is Cc1c(-c2ccc3c(c2)C(=Cc2cc4cnccc4[nH]2)C(=O)N3)ccc2c1NC(=O)CO2. The van der Waals surface area contributed by atoms with Crippen molar-refractivity contribution in [3.05, 3.63) is 71.7 Å². The molecular formula is C25H18N4O3. The van der Waals surface area contributed by atoms with E-state index in [1.54, 1.807) is 12.4 Å². The first-order valence-corrected chi connectivity index (χ1v) is 10.2. The van der Waals surface area contributed by atoms with Crippen LogP contribution in [0.1, 0.15) is 16.8 Å². The van der Waals surface area contributed by atoms with Gasteiger partial charge < -0.3 is 20.4 Å². The van der Waals surface area contributed by atoms with Crippen LogP contribution in [0, 0.1) is 6.92 Å². The van der Waals surface area contributed by atoms with Crippen LogP contribution in [0.25, 0.3) is 33.7 Å². The molecule has 0 saturated carbocycles. The topological polar surface area (TPSA) is 96.1 Å². The number of H-pyrrole nitrogens is 1. The normalized spacial score (nSPS) is 15.8. The molecule has 7 heteroatoms. The number of hydrogen-bond donors (Lipinski definition) is 3. The van der Waals surface area contributed by atoms with Crippen molar-refractivity contribution in [2.24, 2.45) is 0 Å². The minimum Gasteiger partial charge on any atom is -0.482 e. The summed E-state index contributed by atoms with van der Waals surface area (Å²) in [5, 5.41) is 6.83. The van der Waals surface area contributed by atoms with Gasteiger partial charge in [0, 0.05) is 40.2 Å². The van der Waals surface area contributed by atoms with Crippen molar-refractivity contribution in [3.8, 4) is 16.9 Å². The molecule has 2 aromatic heterocycles. The molecule has 0 atom stereocenters. The molecule has 0 radical (unpaired) electrons. The monoisotopic (exact) mass is 422 g/mol. The number of pyridine rings is 1. The Morgan fingerprint density at radius 2 is 1.94 bits per heavy atom. The smallest absolute Gasteiger partial charge is 0.262 e. The van der Waals surface area contributed by atoms with E-state index in [9.17, 15) is 9.59 Å². The lowest BCUT2D eigenvalue weighted by Gasteiger charge is -2.21. The lowest BCUT2D eigenvalue weighted by molar-refractivity contribution is -0.118. The van der Waals surface area contributed by atoms with Gasteiger partial charge in [0.1, 0.15) is 5.75 Å². The Balaban J connectivity index is 1.44. The third kappa shape index (κ3) is 2.86. The molecule has 156 valence electrons. The molecule has 0 spiro atoms. The Labute approximate surface area is 183 Å². The zero-order valence-electron chi connectivity index (χ0n) is 17.2. The number of carbonyl (C=O) groups is 2. The molecule has 0 bridgehead atoms. The van der Waals surface area contributed by atoms with Gasteiger partial charge in [-0.05, 0) is 60.0 Å². The van der Waals surface area contributed by atoms with Gasteiger partial charge in [0.05, 0.1) is 11.3 Å². The standard InChI is InChI=1S/C25H18N4O3/c1-13-17(3-5-22-24(13)29-23(30)12-32-22)14-2-4-21-18(9-14)19(25(31)28-21)10-16-8-15-11-26-7-6-20(15)27-16/h2-11,27H,12H2,1H3,(H,28,31)(H,29,30). The molecule has 2 amide bonds. The summed E-state index contributed by atoms with van der Waals surface area (Å²) in [5.74, 6) is 0.356. The van der Waals surface area contributed by atoms with Crippen LogP contribution in [0.15, 0.2) is 54.9 Å². The van der Waals surface area contributed by atoms with Crippen molar-refractivity contribution in [1.29, 1.82) is 0 Å². The quantitative estimate of drug-likeness (QED) is 0.418. The number of carbonyl (C=O) groups excluding carboxylic acids is 2. The lowest BCUT2D eigenvalue weighted by Crippen LogP contribution is -2.26. The summed E-state index contributed by atoms with van der Waals surface area (Å²) in [6.45, 7) is 1.98. The van der Waals surface area contributed by atoms with E-state index in [2.05, 4.69) is 20.6 Å². The fraction of sp³-hybridized carbons (Fsp3) is 0.0800. The van der Waals surface area contributed by atoms with E-state index >= 15 is 0 Å². The Kier molecular flexibility index (Phi) is 3.91. The number of anilines is 2. The number of rotatable bonds is 2. The largest absolute Gasteiger partial charge is 0.482 e. The average molecular weight is 422 g/mol. The van der Waals surface area contributed by atoms with Crippen LogP contribution in [0.2, 0.25) is 0 Å². The van der Waals surface area contributed by atoms with E-state index in [0.717, 1.165) is 44.5 Å². The van der Waals surface area contributed by atoms with Crippen molar-refractivity contribution in [2.45, 2.75) is 6.92 Å². The second-order valence-electron chi connectivity index (χ2n) is 7.91. The van der Waals surface area contributed by atoms with E-state index in [1.165, 1.54) is 0 Å². The van der Waals surface area contributed by atoms with Gasteiger partial charge in [-0.25, -0.2) is 0 Å². The molecule has 32 heavy (non-hydrogen) atoms. The zero-order chi connectivity index (χ0) is 21.8. The molecule has 0 saturated heterocycles. The number of aromatic nitrogens is 2. The molecule has 3 N–H and O–H groups in total. The number of nitrogens with zero attached hydrogens (tertiary/aromatic N) is 1. The highest BCUT2D eigenvalue weighted by Gasteiger charge is 2.26. The summed E-state index contributed by atoms with van der Waals surface area (Å²) < 4.78 is 5.52. The van der Waals surface area contributed by atoms with Gasteiger partial charge in [0.25, 0.3) is 11.8 Å². The minimum absolute atomic E-state index is 0.0242. The number of nitrogens with one attached hydrogen (secondary N) is 3. The van der Waals surface area contributed by atoms with E-state index in [4.69, 9.17) is 4.74 Å². The molecule has 0 fully saturated rings. The summed E-state index contributed by atoms with van der Waals surface area (Å²) >= 11 is 0. The first-order valence-electron chi connectivity index (χ1n) is 10.2. The van der Waals surface area contributed by atoms with Gasteiger partial charge in [-0.15, -0.1) is 0 Å². The van der Waals surface area contributed by atoms with Crippen molar-refractivity contribution in [3.63, 3.8) is 0 Å². The molecule has 4 aromatic rings. The maximum atomic E-state index is 12.7. The second-order valence-corrected chi connectivity index (χ2v) is 7.91. The van der Waals surface area contributed by atoms with Crippen LogP contribution in [0.5, 0.6) is 5.75 Å². The van der Waals surface area contributed by atoms with Gasteiger partial charge in [0.2, 0.25) is 0 Å². The molecule has 6 rings (SSSR count). The molecule has 2 aliphatic rings. The van der Waals surface area contributed by atoms with Gasteiger partial charge in [0.15, 0.2) is 6.61 Å². The van der Waals surface area contributed by atoms with E-state index in [-0.39, 0.29) is 18.4 Å². The molecule has 4 heterocycles. The Hall–Kier alpha value is -4.39. The Bertz CT molecular complexity index is 1450. The van der Waals surface area contributed by atoms with Gasteiger partial charge >= 0.3 is 0 Å². The highest BCUT2D eigenvalue weighted by atomic mass is 16.5. The van der Waals surface area contributed by atoms with Gasteiger partial charge in [-0.2, -0.15) is 0 Å². The second kappa shape index (κ2) is 6.81. The third-order valence-corrected chi connectivity index (χ3v) is 5.91. The number of aromatic amines is 1. The third-order valence-electron chi connectivity index (χ3n) is 5.91. The molecule has 2 aliphatic heterocycles. The number of fused-ring (bicyclic) bond motifs is 3. The fourth-order valence-electron chi connectivity index (χ4n) is 4.32. The fourth-order valence-corrected chi connectivity index (χ4v) is 4.32. The van der Waals surface area contributed by atoms with Gasteiger partial charge in [-0.1, -0.05) is 12.1 Å². The van der Waals surface area contributed by atoms with Crippen LogP contribution < -0.4 is 15.4 Å². The van der Waals surface area contributed by atoms with Crippen molar-refractivity contribution < 1.29 is 14.3 Å². The van der Waals surface area contributed by atoms with Crippen molar-refractivity contribution in [1.82, 2.24) is 9.97 Å². The van der Waals surface area contributed by atoms with E-state index in [0.29, 0.717) is 17.0 Å². The van der Waals surface area contributed by atoms with E-state index in [1.807, 2.05) is 55.5 Å². The molecule has 0 aliphatic carbocycles. The number of hydrogen-bond acceptors (Lipinski definition) is 4. The first-order chi connectivity index (χ1) is 15.6. The van der Waals surface area contributed by atoms with Gasteiger partial charge in [-0.3, -0.25) is 14.6 Å². The maximum Gasteiger partial charge on any atom is 0.262 e. The molecule has 2 aromatic carbocycles. The highest BCUT2D eigenvalue weighted by molar-refractivity contribution is 6.35. The number of amides is 2. The van der Waals surface area contributed by atoms with Crippen LogP contribution in [-0.4, -0.2) is 28.4 Å². The Morgan fingerprint density at radius 3 is 2.81 bits per heavy atom.